The van der Waals surface area contributed by atoms with Crippen LogP contribution in [0.3, 0.4) is 0 Å². The van der Waals surface area contributed by atoms with Crippen molar-refractivity contribution in [2.75, 3.05) is 0 Å². The molecule has 15 heavy (non-hydrogen) atoms. The molecule has 6 heteroatoms. The van der Waals surface area contributed by atoms with Crippen LogP contribution in [0, 0.1) is 0 Å². The fourth-order valence-corrected chi connectivity index (χ4v) is 1.99. The Balaban J connectivity index is 3.33. The van der Waals surface area contributed by atoms with Gasteiger partial charge in [-0.25, -0.2) is 4.39 Å². The second-order valence-corrected chi connectivity index (χ2v) is 4.00. The minimum Gasteiger partial charge on any atom is -0.591 e. The lowest BCUT2D eigenvalue weighted by Crippen LogP contribution is -2.43. The van der Waals surface area contributed by atoms with Gasteiger partial charge in [-0.15, -0.1) is 0 Å². The van der Waals surface area contributed by atoms with E-state index < -0.39 is 24.9 Å². The van der Waals surface area contributed by atoms with E-state index in [9.17, 15) is 22.6 Å². The molecular weight excluding hydrogens is 228 g/mol. The van der Waals surface area contributed by atoms with E-state index in [0.29, 0.717) is 12.2 Å². The van der Waals surface area contributed by atoms with Crippen molar-refractivity contribution in [3.8, 4) is 0 Å². The van der Waals surface area contributed by atoms with Crippen LogP contribution in [-0.4, -0.2) is 11.6 Å². The van der Waals surface area contributed by atoms with Crippen LogP contribution >= 0.6 is 8.03 Å². The van der Waals surface area contributed by atoms with E-state index in [1.54, 1.807) is 0 Å². The summed E-state index contributed by atoms with van der Waals surface area (Å²) >= 11 is 0. The topological polar surface area (TPSA) is 40.1 Å². The molecule has 0 heterocycles. The van der Waals surface area contributed by atoms with E-state index in [0.717, 1.165) is 18.2 Å². The smallest absolute Gasteiger partial charge is 0.348 e. The molecule has 0 aliphatic heterocycles. The second-order valence-electron chi connectivity index (χ2n) is 3.00. The summed E-state index contributed by atoms with van der Waals surface area (Å²) in [6, 6.07) is 0. The second kappa shape index (κ2) is 3.91. The quantitative estimate of drug-likeness (QED) is 0.545. The Morgan fingerprint density at radius 1 is 1.47 bits per heavy atom. The Kier molecular flexibility index (Phi) is 3.16. The monoisotopic (exact) mass is 236 g/mol. The van der Waals surface area contributed by atoms with Gasteiger partial charge >= 0.3 is 14.0 Å². The van der Waals surface area contributed by atoms with Crippen molar-refractivity contribution in [1.29, 1.82) is 0 Å². The molecule has 0 spiro atoms. The van der Waals surface area contributed by atoms with E-state index in [1.807, 2.05) is 0 Å². The summed E-state index contributed by atoms with van der Waals surface area (Å²) in [5.41, 5.74) is -3.27. The van der Waals surface area contributed by atoms with Crippen LogP contribution in [0.1, 0.15) is 6.92 Å². The van der Waals surface area contributed by atoms with Crippen LogP contribution in [0.2, 0.25) is 0 Å². The van der Waals surface area contributed by atoms with Crippen LogP contribution in [-0.2, 0) is 4.57 Å². The SMILES string of the molecule is CC=CC1(F)C([P+](=O)[O-])=CC=CC1(F)F. The summed E-state index contributed by atoms with van der Waals surface area (Å²) < 4.78 is 51.0. The molecule has 0 N–H and O–H groups in total. The van der Waals surface area contributed by atoms with Gasteiger partial charge in [-0.1, -0.05) is 16.7 Å². The van der Waals surface area contributed by atoms with Gasteiger partial charge in [0, 0.05) is 0 Å². The molecule has 0 amide bonds. The van der Waals surface area contributed by atoms with Gasteiger partial charge in [0.2, 0.25) is 5.31 Å². The maximum Gasteiger partial charge on any atom is 0.348 e. The predicted octanol–water partition coefficient (Wildman–Crippen LogP) is 2.46. The highest BCUT2D eigenvalue weighted by Crippen LogP contribution is 2.49. The summed E-state index contributed by atoms with van der Waals surface area (Å²) in [7, 11) is -3.37. The Bertz CT molecular complexity index is 374. The number of halogens is 3. The molecule has 0 aromatic heterocycles. The van der Waals surface area contributed by atoms with Gasteiger partial charge < -0.3 is 4.89 Å². The standard InChI is InChI=1S/C9H8F3O2P/c1-2-5-8(10)7(15(13)14)4-3-6-9(8,11)12/h2-6H,1H3. The van der Waals surface area contributed by atoms with Gasteiger partial charge in [0.05, 0.1) is 0 Å². The molecule has 1 aliphatic carbocycles. The molecule has 0 fully saturated rings. The Hall–Kier alpha value is -0.930. The highest BCUT2D eigenvalue weighted by Gasteiger charge is 2.59. The largest absolute Gasteiger partial charge is 0.591 e. The number of allylic oxidation sites excluding steroid dienone is 6. The first kappa shape index (κ1) is 12.1. The van der Waals surface area contributed by atoms with Crippen molar-refractivity contribution in [3.63, 3.8) is 0 Å². The van der Waals surface area contributed by atoms with Crippen molar-refractivity contribution in [1.82, 2.24) is 0 Å². The number of hydrogen-bond donors (Lipinski definition) is 0. The van der Waals surface area contributed by atoms with Gasteiger partial charge in [0.25, 0.3) is 5.67 Å². The number of hydrogen-bond acceptors (Lipinski definition) is 2. The van der Waals surface area contributed by atoms with Crippen molar-refractivity contribution >= 4 is 8.03 Å². The van der Waals surface area contributed by atoms with Crippen molar-refractivity contribution in [2.24, 2.45) is 0 Å². The first-order valence-corrected chi connectivity index (χ1v) is 5.28. The molecule has 0 bridgehead atoms. The lowest BCUT2D eigenvalue weighted by Gasteiger charge is -2.28. The van der Waals surface area contributed by atoms with Crippen molar-refractivity contribution in [2.45, 2.75) is 18.5 Å². The third kappa shape index (κ3) is 1.90. The lowest BCUT2D eigenvalue weighted by molar-refractivity contribution is -0.164. The Morgan fingerprint density at radius 3 is 2.53 bits per heavy atom. The predicted molar refractivity (Wildman–Crippen MR) is 48.4 cm³/mol. The van der Waals surface area contributed by atoms with Crippen LogP contribution in [0.4, 0.5) is 13.2 Å². The fraction of sp³-hybridized carbons (Fsp3) is 0.333. The van der Waals surface area contributed by atoms with Crippen molar-refractivity contribution < 1.29 is 22.6 Å². The zero-order chi connectivity index (χ0) is 11.7. The Labute approximate surface area is 85.7 Å². The van der Waals surface area contributed by atoms with E-state index in [2.05, 4.69) is 0 Å². The zero-order valence-corrected chi connectivity index (χ0v) is 8.68. The molecule has 0 saturated carbocycles. The van der Waals surface area contributed by atoms with E-state index in [1.165, 1.54) is 6.92 Å². The first-order chi connectivity index (χ1) is 6.85. The molecule has 2 nitrogen and oxygen atoms in total. The van der Waals surface area contributed by atoms with Gasteiger partial charge in [0.15, 0.2) is 0 Å². The van der Waals surface area contributed by atoms with Gasteiger partial charge in [0.1, 0.15) is 0 Å². The van der Waals surface area contributed by atoms with Crippen LogP contribution in [0.25, 0.3) is 0 Å². The first-order valence-electron chi connectivity index (χ1n) is 4.10. The summed E-state index contributed by atoms with van der Waals surface area (Å²) in [4.78, 5) is 10.7. The van der Waals surface area contributed by atoms with Crippen LogP contribution in [0.5, 0.6) is 0 Å². The molecule has 0 aromatic carbocycles. The average Bonchev–Trinajstić information content (AvgIpc) is 2.10. The van der Waals surface area contributed by atoms with Crippen molar-refractivity contribution in [3.05, 3.63) is 35.7 Å². The summed E-state index contributed by atoms with van der Waals surface area (Å²) in [6.07, 6.45) is 3.62. The number of rotatable bonds is 2. The third-order valence-corrected chi connectivity index (χ3v) is 2.88. The Morgan fingerprint density at radius 2 is 2.07 bits per heavy atom. The molecule has 1 rings (SSSR count). The molecule has 1 aliphatic rings. The maximum atomic E-state index is 13.9. The third-order valence-electron chi connectivity index (χ3n) is 2.01. The normalized spacial score (nSPS) is 30.5. The maximum absolute atomic E-state index is 13.9. The summed E-state index contributed by atoms with van der Waals surface area (Å²) in [6.45, 7) is 1.34. The highest BCUT2D eigenvalue weighted by molar-refractivity contribution is 7.41. The molecule has 2 atom stereocenters. The molecule has 2 unspecified atom stereocenters. The minimum atomic E-state index is -3.85. The van der Waals surface area contributed by atoms with Gasteiger partial charge in [-0.2, -0.15) is 8.78 Å². The lowest BCUT2D eigenvalue weighted by atomic mass is 9.92. The van der Waals surface area contributed by atoms with E-state index in [4.69, 9.17) is 0 Å². The molecular formula is C9H8F3O2P. The minimum absolute atomic E-state index is 0.343. The van der Waals surface area contributed by atoms with E-state index in [-0.39, 0.29) is 0 Å². The van der Waals surface area contributed by atoms with Gasteiger partial charge in [-0.3, -0.25) is 0 Å². The molecule has 82 valence electrons. The average molecular weight is 236 g/mol. The molecule has 0 radical (unpaired) electrons. The molecule has 0 aromatic rings. The van der Waals surface area contributed by atoms with E-state index >= 15 is 0 Å². The molecule has 0 saturated heterocycles. The number of alkyl halides is 3. The van der Waals surface area contributed by atoms with Gasteiger partial charge in [-0.05, 0) is 25.2 Å². The zero-order valence-electron chi connectivity index (χ0n) is 7.78. The summed E-state index contributed by atoms with van der Waals surface area (Å²) in [5.74, 6) is -3.85. The van der Waals surface area contributed by atoms with Crippen LogP contribution in [0.15, 0.2) is 35.7 Å². The fourth-order valence-electron chi connectivity index (χ4n) is 1.29. The summed E-state index contributed by atoms with van der Waals surface area (Å²) in [5, 5.41) is -0.928. The highest BCUT2D eigenvalue weighted by atomic mass is 31.1. The van der Waals surface area contributed by atoms with Crippen LogP contribution < -0.4 is 4.89 Å².